The van der Waals surface area contributed by atoms with Gasteiger partial charge in [0.25, 0.3) is 0 Å². The van der Waals surface area contributed by atoms with Gasteiger partial charge in [0.2, 0.25) is 0 Å². The van der Waals surface area contributed by atoms with Crippen molar-refractivity contribution in [1.29, 1.82) is 0 Å². The number of rotatable bonds is 4. The second-order valence-electron chi connectivity index (χ2n) is 5.56. The minimum absolute atomic E-state index is 0.529. The third kappa shape index (κ3) is 2.26. The molecule has 19 heavy (non-hydrogen) atoms. The van der Waals surface area contributed by atoms with Crippen LogP contribution in [0.15, 0.2) is 30.9 Å². The number of nitrogens with zero attached hydrogens (tertiary/aromatic N) is 5. The van der Waals surface area contributed by atoms with E-state index in [1.807, 2.05) is 35.5 Å². The first-order chi connectivity index (χ1) is 9.38. The summed E-state index contributed by atoms with van der Waals surface area (Å²) in [6.07, 6.45) is 10.4. The highest BCUT2D eigenvalue weighted by Crippen LogP contribution is 2.37. The summed E-state index contributed by atoms with van der Waals surface area (Å²) < 4.78 is 2.04. The zero-order valence-electron chi connectivity index (χ0n) is 10.8. The molecule has 0 unspecified atom stereocenters. The summed E-state index contributed by atoms with van der Waals surface area (Å²) in [7, 11) is 0. The molecule has 0 spiro atoms. The average molecular weight is 255 g/mol. The van der Waals surface area contributed by atoms with Gasteiger partial charge in [-0.1, -0.05) is 0 Å². The van der Waals surface area contributed by atoms with Crippen molar-refractivity contribution < 1.29 is 0 Å². The minimum atomic E-state index is 0.529. The molecule has 0 bridgehead atoms. The van der Waals surface area contributed by atoms with E-state index in [9.17, 15) is 0 Å². The van der Waals surface area contributed by atoms with Crippen LogP contribution in [0.3, 0.4) is 0 Å². The summed E-state index contributed by atoms with van der Waals surface area (Å²) in [5.74, 6) is 1.67. The quantitative estimate of drug-likeness (QED) is 0.832. The predicted molar refractivity (Wildman–Crippen MR) is 70.5 cm³/mol. The van der Waals surface area contributed by atoms with E-state index in [1.165, 1.54) is 18.4 Å². The first kappa shape index (κ1) is 11.1. The molecule has 1 aliphatic carbocycles. The second-order valence-corrected chi connectivity index (χ2v) is 5.56. The van der Waals surface area contributed by atoms with Crippen molar-refractivity contribution in [2.75, 3.05) is 13.1 Å². The smallest absolute Gasteiger partial charge is 0.131 e. The van der Waals surface area contributed by atoms with Crippen molar-refractivity contribution in [3.63, 3.8) is 0 Å². The van der Waals surface area contributed by atoms with Crippen LogP contribution in [0.1, 0.15) is 36.2 Å². The Morgan fingerprint density at radius 3 is 2.58 bits per heavy atom. The summed E-state index contributed by atoms with van der Waals surface area (Å²) in [4.78, 5) is 11.3. The molecule has 0 atom stereocenters. The predicted octanol–water partition coefficient (Wildman–Crippen LogP) is 1.61. The fourth-order valence-electron chi connectivity index (χ4n) is 2.59. The zero-order chi connectivity index (χ0) is 12.7. The largest absolute Gasteiger partial charge is 0.295 e. The van der Waals surface area contributed by atoms with Crippen LogP contribution in [0.5, 0.6) is 0 Å². The third-order valence-electron chi connectivity index (χ3n) is 3.91. The first-order valence-corrected chi connectivity index (χ1v) is 6.91. The summed E-state index contributed by atoms with van der Waals surface area (Å²) in [6, 6.07) is 2.51. The molecule has 98 valence electrons. The van der Waals surface area contributed by atoms with Gasteiger partial charge in [0.15, 0.2) is 0 Å². The molecule has 1 aliphatic heterocycles. The number of hydrogen-bond acceptors (Lipinski definition) is 4. The summed E-state index contributed by atoms with van der Waals surface area (Å²) in [6.45, 7) is 3.07. The SMILES string of the molecule is c1cnn(C2CN(Cc3cnc(C4CC4)nc3)C2)c1. The number of likely N-dealkylation sites (tertiary alicyclic amines) is 1. The standard InChI is InChI=1S/C14H17N5/c1-4-17-19(5-1)13-9-18(10-13)8-11-6-15-14(16-7-11)12-2-3-12/h1,4-7,12-13H,2-3,8-10H2. The first-order valence-electron chi connectivity index (χ1n) is 6.91. The van der Waals surface area contributed by atoms with Crippen LogP contribution in [0, 0.1) is 0 Å². The van der Waals surface area contributed by atoms with Crippen molar-refractivity contribution in [2.24, 2.45) is 0 Å². The number of hydrogen-bond donors (Lipinski definition) is 0. The molecule has 2 aromatic heterocycles. The van der Waals surface area contributed by atoms with Gasteiger partial charge in [0.1, 0.15) is 5.82 Å². The van der Waals surface area contributed by atoms with Gasteiger partial charge >= 0.3 is 0 Å². The van der Waals surface area contributed by atoms with Gasteiger partial charge in [-0.05, 0) is 18.9 Å². The Labute approximate surface area is 112 Å². The molecular weight excluding hydrogens is 238 g/mol. The Kier molecular flexibility index (Phi) is 2.58. The average Bonchev–Trinajstić information content (AvgIpc) is 3.10. The van der Waals surface area contributed by atoms with E-state index >= 15 is 0 Å². The lowest BCUT2D eigenvalue weighted by molar-refractivity contribution is 0.0906. The van der Waals surface area contributed by atoms with Crippen molar-refractivity contribution in [3.8, 4) is 0 Å². The van der Waals surface area contributed by atoms with E-state index in [0.29, 0.717) is 12.0 Å². The zero-order valence-corrected chi connectivity index (χ0v) is 10.8. The van der Waals surface area contributed by atoms with Crippen LogP contribution in [-0.4, -0.2) is 37.7 Å². The van der Waals surface area contributed by atoms with Crippen molar-refractivity contribution >= 4 is 0 Å². The maximum Gasteiger partial charge on any atom is 0.131 e. The third-order valence-corrected chi connectivity index (χ3v) is 3.91. The van der Waals surface area contributed by atoms with Gasteiger partial charge < -0.3 is 0 Å². The van der Waals surface area contributed by atoms with Gasteiger partial charge in [-0.2, -0.15) is 5.10 Å². The van der Waals surface area contributed by atoms with Crippen LogP contribution >= 0.6 is 0 Å². The van der Waals surface area contributed by atoms with Crippen LogP contribution < -0.4 is 0 Å². The molecule has 5 nitrogen and oxygen atoms in total. The fraction of sp³-hybridized carbons (Fsp3) is 0.500. The molecular formula is C14H17N5. The lowest BCUT2D eigenvalue weighted by Gasteiger charge is -2.39. The Morgan fingerprint density at radius 2 is 1.95 bits per heavy atom. The van der Waals surface area contributed by atoms with Gasteiger partial charge in [-0.15, -0.1) is 0 Å². The van der Waals surface area contributed by atoms with E-state index in [0.717, 1.165) is 25.5 Å². The summed E-state index contributed by atoms with van der Waals surface area (Å²) >= 11 is 0. The molecule has 0 amide bonds. The molecule has 0 N–H and O–H groups in total. The van der Waals surface area contributed by atoms with E-state index in [-0.39, 0.29) is 0 Å². The normalized spacial score (nSPS) is 20.4. The van der Waals surface area contributed by atoms with Crippen molar-refractivity contribution in [1.82, 2.24) is 24.6 Å². The minimum Gasteiger partial charge on any atom is -0.295 e. The highest BCUT2D eigenvalue weighted by Gasteiger charge is 2.29. The topological polar surface area (TPSA) is 46.8 Å². The molecule has 0 aromatic carbocycles. The summed E-state index contributed by atoms with van der Waals surface area (Å²) in [5.41, 5.74) is 1.21. The van der Waals surface area contributed by atoms with Crippen molar-refractivity contribution in [2.45, 2.75) is 31.3 Å². The van der Waals surface area contributed by atoms with Gasteiger partial charge in [0, 0.05) is 55.9 Å². The molecule has 4 rings (SSSR count). The van der Waals surface area contributed by atoms with Crippen molar-refractivity contribution in [3.05, 3.63) is 42.2 Å². The Balaban J connectivity index is 1.33. The molecule has 1 saturated heterocycles. The second kappa shape index (κ2) is 4.42. The molecule has 0 radical (unpaired) electrons. The van der Waals surface area contributed by atoms with E-state index < -0.39 is 0 Å². The molecule has 2 aromatic rings. The molecule has 1 saturated carbocycles. The highest BCUT2D eigenvalue weighted by atomic mass is 15.4. The van der Waals surface area contributed by atoms with Crippen LogP contribution in [0.25, 0.3) is 0 Å². The maximum atomic E-state index is 4.47. The van der Waals surface area contributed by atoms with Gasteiger partial charge in [0.05, 0.1) is 6.04 Å². The van der Waals surface area contributed by atoms with E-state index in [4.69, 9.17) is 0 Å². The van der Waals surface area contributed by atoms with E-state index in [2.05, 4.69) is 20.0 Å². The Hall–Kier alpha value is -1.75. The lowest BCUT2D eigenvalue weighted by atomic mass is 10.1. The monoisotopic (exact) mass is 255 g/mol. The number of aromatic nitrogens is 4. The maximum absolute atomic E-state index is 4.47. The molecule has 2 aliphatic rings. The van der Waals surface area contributed by atoms with Gasteiger partial charge in [-0.25, -0.2) is 9.97 Å². The fourth-order valence-corrected chi connectivity index (χ4v) is 2.59. The lowest BCUT2D eigenvalue weighted by Crippen LogP contribution is -2.47. The Morgan fingerprint density at radius 1 is 1.16 bits per heavy atom. The molecule has 5 heteroatoms. The summed E-state index contributed by atoms with van der Waals surface area (Å²) in [5, 5.41) is 4.28. The van der Waals surface area contributed by atoms with Crippen LogP contribution in [0.4, 0.5) is 0 Å². The highest BCUT2D eigenvalue weighted by molar-refractivity contribution is 5.11. The Bertz CT molecular complexity index is 538. The van der Waals surface area contributed by atoms with Gasteiger partial charge in [-0.3, -0.25) is 9.58 Å². The van der Waals surface area contributed by atoms with Crippen LogP contribution in [-0.2, 0) is 6.54 Å². The van der Waals surface area contributed by atoms with E-state index in [1.54, 1.807) is 0 Å². The molecule has 3 heterocycles. The molecule has 2 fully saturated rings. The van der Waals surface area contributed by atoms with Crippen LogP contribution in [0.2, 0.25) is 0 Å².